The van der Waals surface area contributed by atoms with Gasteiger partial charge in [-0.15, -0.1) is 0 Å². The van der Waals surface area contributed by atoms with Crippen LogP contribution in [0.25, 0.3) is 11.0 Å². The molecule has 1 amide bonds. The number of anilines is 1. The first kappa shape index (κ1) is 12.4. The monoisotopic (exact) mass is 265 g/mol. The van der Waals surface area contributed by atoms with Gasteiger partial charge < -0.3 is 9.88 Å². The molecule has 0 radical (unpaired) electrons. The molecule has 0 fully saturated rings. The first-order valence-corrected chi connectivity index (χ1v) is 6.44. The van der Waals surface area contributed by atoms with Crippen LogP contribution in [0.15, 0.2) is 48.5 Å². The number of hydrogen-bond acceptors (Lipinski definition) is 2. The molecule has 3 rings (SSSR count). The van der Waals surface area contributed by atoms with E-state index in [1.54, 1.807) is 11.9 Å². The maximum Gasteiger partial charge on any atom is 0.258 e. The number of carbonyl (C=O) groups excluding carboxylic acids is 1. The van der Waals surface area contributed by atoms with E-state index in [-0.39, 0.29) is 5.91 Å². The van der Waals surface area contributed by atoms with E-state index in [4.69, 9.17) is 0 Å². The number of carbonyl (C=O) groups is 1. The second-order valence-electron chi connectivity index (χ2n) is 4.75. The summed E-state index contributed by atoms with van der Waals surface area (Å²) in [6.45, 7) is 1.90. The van der Waals surface area contributed by atoms with Crippen LogP contribution >= 0.6 is 0 Å². The third kappa shape index (κ3) is 2.16. The molecular formula is C16H15N3O. The lowest BCUT2D eigenvalue weighted by molar-refractivity contribution is 0.0993. The van der Waals surface area contributed by atoms with Crippen molar-refractivity contribution in [2.75, 3.05) is 11.9 Å². The Morgan fingerprint density at radius 2 is 1.90 bits per heavy atom. The molecule has 4 nitrogen and oxygen atoms in total. The number of amides is 1. The highest BCUT2D eigenvalue weighted by Gasteiger charge is 2.14. The molecule has 1 aromatic heterocycles. The molecule has 0 saturated heterocycles. The van der Waals surface area contributed by atoms with Crippen LogP contribution in [0, 0.1) is 6.92 Å². The van der Waals surface area contributed by atoms with Gasteiger partial charge in [0.2, 0.25) is 0 Å². The summed E-state index contributed by atoms with van der Waals surface area (Å²) in [7, 11) is 1.78. The standard InChI is InChI=1S/C16H15N3O/c1-11-17-14-9-8-12(10-15(14)18-11)16(20)19(2)13-6-4-3-5-7-13/h3-10H,1-2H3,(H,17,18). The zero-order valence-corrected chi connectivity index (χ0v) is 11.4. The molecule has 100 valence electrons. The van der Waals surface area contributed by atoms with Crippen molar-refractivity contribution in [3.63, 3.8) is 0 Å². The van der Waals surface area contributed by atoms with Gasteiger partial charge in [0.25, 0.3) is 5.91 Å². The highest BCUT2D eigenvalue weighted by atomic mass is 16.2. The zero-order valence-electron chi connectivity index (χ0n) is 11.4. The minimum atomic E-state index is -0.0367. The van der Waals surface area contributed by atoms with Gasteiger partial charge in [-0.1, -0.05) is 18.2 Å². The fourth-order valence-electron chi connectivity index (χ4n) is 2.23. The molecule has 3 aromatic rings. The Hall–Kier alpha value is -2.62. The molecule has 0 aliphatic carbocycles. The van der Waals surface area contributed by atoms with Crippen molar-refractivity contribution in [1.82, 2.24) is 9.97 Å². The average molecular weight is 265 g/mol. The fraction of sp³-hybridized carbons (Fsp3) is 0.125. The van der Waals surface area contributed by atoms with E-state index in [0.29, 0.717) is 5.56 Å². The van der Waals surface area contributed by atoms with Crippen molar-refractivity contribution in [3.8, 4) is 0 Å². The van der Waals surface area contributed by atoms with E-state index in [0.717, 1.165) is 22.5 Å². The van der Waals surface area contributed by atoms with E-state index in [1.165, 1.54) is 0 Å². The topological polar surface area (TPSA) is 49.0 Å². The van der Waals surface area contributed by atoms with Gasteiger partial charge in [-0.25, -0.2) is 4.98 Å². The normalized spacial score (nSPS) is 10.7. The number of aromatic amines is 1. The lowest BCUT2D eigenvalue weighted by atomic mass is 10.1. The predicted octanol–water partition coefficient (Wildman–Crippen LogP) is 3.15. The van der Waals surface area contributed by atoms with Crippen molar-refractivity contribution in [2.24, 2.45) is 0 Å². The van der Waals surface area contributed by atoms with Gasteiger partial charge in [-0.3, -0.25) is 4.79 Å². The summed E-state index contributed by atoms with van der Waals surface area (Å²) < 4.78 is 0. The van der Waals surface area contributed by atoms with E-state index in [9.17, 15) is 4.79 Å². The Balaban J connectivity index is 1.95. The zero-order chi connectivity index (χ0) is 14.1. The molecule has 0 unspecified atom stereocenters. The lowest BCUT2D eigenvalue weighted by Gasteiger charge is -2.17. The van der Waals surface area contributed by atoms with Gasteiger partial charge in [0.05, 0.1) is 11.0 Å². The van der Waals surface area contributed by atoms with Crippen LogP contribution in [0.5, 0.6) is 0 Å². The minimum absolute atomic E-state index is 0.0367. The Morgan fingerprint density at radius 1 is 1.15 bits per heavy atom. The third-order valence-corrected chi connectivity index (χ3v) is 3.30. The lowest BCUT2D eigenvalue weighted by Crippen LogP contribution is -2.26. The van der Waals surface area contributed by atoms with Crippen LogP contribution in [0.1, 0.15) is 16.2 Å². The predicted molar refractivity (Wildman–Crippen MR) is 80.0 cm³/mol. The van der Waals surface area contributed by atoms with E-state index in [1.807, 2.05) is 55.5 Å². The highest BCUT2D eigenvalue weighted by molar-refractivity contribution is 6.07. The van der Waals surface area contributed by atoms with Gasteiger partial charge in [0.15, 0.2) is 0 Å². The molecule has 1 heterocycles. The molecule has 4 heteroatoms. The summed E-state index contributed by atoms with van der Waals surface area (Å²) in [5.74, 6) is 0.811. The molecule has 0 atom stereocenters. The third-order valence-electron chi connectivity index (χ3n) is 3.30. The number of aromatic nitrogens is 2. The SMILES string of the molecule is Cc1nc2ccc(C(=O)N(C)c3ccccc3)cc2[nH]1. The number of H-pyrrole nitrogens is 1. The summed E-state index contributed by atoms with van der Waals surface area (Å²) in [5, 5.41) is 0. The molecule has 0 bridgehead atoms. The quantitative estimate of drug-likeness (QED) is 0.773. The molecule has 0 saturated carbocycles. The maximum atomic E-state index is 12.5. The van der Waals surface area contributed by atoms with Crippen molar-refractivity contribution in [1.29, 1.82) is 0 Å². The number of aryl methyl sites for hydroxylation is 1. The summed E-state index contributed by atoms with van der Waals surface area (Å²) in [6, 6.07) is 15.1. The van der Waals surface area contributed by atoms with Crippen LogP contribution in [0.2, 0.25) is 0 Å². The number of rotatable bonds is 2. The number of para-hydroxylation sites is 1. The second-order valence-corrected chi connectivity index (χ2v) is 4.75. The number of imidazole rings is 1. The van der Waals surface area contributed by atoms with Crippen molar-refractivity contribution in [3.05, 3.63) is 59.9 Å². The number of nitrogens with one attached hydrogen (secondary N) is 1. The van der Waals surface area contributed by atoms with Gasteiger partial charge in [-0.05, 0) is 37.3 Å². The largest absolute Gasteiger partial charge is 0.342 e. The van der Waals surface area contributed by atoms with Crippen LogP contribution in [0.4, 0.5) is 5.69 Å². The van der Waals surface area contributed by atoms with Gasteiger partial charge >= 0.3 is 0 Å². The second kappa shape index (κ2) is 4.81. The van der Waals surface area contributed by atoms with Crippen molar-refractivity contribution in [2.45, 2.75) is 6.92 Å². The van der Waals surface area contributed by atoms with E-state index in [2.05, 4.69) is 9.97 Å². The number of nitrogens with zero attached hydrogens (tertiary/aromatic N) is 2. The van der Waals surface area contributed by atoms with Gasteiger partial charge in [0, 0.05) is 18.3 Å². The first-order chi connectivity index (χ1) is 9.65. The maximum absolute atomic E-state index is 12.5. The Morgan fingerprint density at radius 3 is 2.65 bits per heavy atom. The Labute approximate surface area is 117 Å². The van der Waals surface area contributed by atoms with Crippen LogP contribution in [-0.2, 0) is 0 Å². The van der Waals surface area contributed by atoms with Crippen molar-refractivity contribution >= 4 is 22.6 Å². The Bertz CT molecular complexity index is 762. The fourth-order valence-corrected chi connectivity index (χ4v) is 2.23. The summed E-state index contributed by atoms with van der Waals surface area (Å²) in [6.07, 6.45) is 0. The molecule has 0 aliphatic heterocycles. The number of fused-ring (bicyclic) bond motifs is 1. The molecule has 20 heavy (non-hydrogen) atoms. The van der Waals surface area contributed by atoms with Crippen LogP contribution in [0.3, 0.4) is 0 Å². The average Bonchev–Trinajstić information content (AvgIpc) is 2.85. The molecule has 0 aliphatic rings. The van der Waals surface area contributed by atoms with Crippen molar-refractivity contribution < 1.29 is 4.79 Å². The van der Waals surface area contributed by atoms with Crippen LogP contribution < -0.4 is 4.90 Å². The smallest absolute Gasteiger partial charge is 0.258 e. The molecule has 0 spiro atoms. The number of benzene rings is 2. The molecule has 1 N–H and O–H groups in total. The highest BCUT2D eigenvalue weighted by Crippen LogP contribution is 2.18. The number of hydrogen-bond donors (Lipinski definition) is 1. The summed E-state index contributed by atoms with van der Waals surface area (Å²) >= 11 is 0. The minimum Gasteiger partial charge on any atom is -0.342 e. The van der Waals surface area contributed by atoms with Gasteiger partial charge in [-0.2, -0.15) is 0 Å². The van der Waals surface area contributed by atoms with E-state index < -0.39 is 0 Å². The van der Waals surface area contributed by atoms with Gasteiger partial charge in [0.1, 0.15) is 5.82 Å². The van der Waals surface area contributed by atoms with E-state index >= 15 is 0 Å². The molecule has 2 aromatic carbocycles. The molecular weight excluding hydrogens is 250 g/mol. The summed E-state index contributed by atoms with van der Waals surface area (Å²) in [5.41, 5.74) is 3.28. The van der Waals surface area contributed by atoms with Crippen LogP contribution in [-0.4, -0.2) is 22.9 Å². The first-order valence-electron chi connectivity index (χ1n) is 6.44. The Kier molecular flexibility index (Phi) is 2.99. The summed E-state index contributed by atoms with van der Waals surface area (Å²) in [4.78, 5) is 21.6.